The number of anilines is 1. The monoisotopic (exact) mass is 250 g/mol. The van der Waals surface area contributed by atoms with Crippen molar-refractivity contribution in [1.82, 2.24) is 4.90 Å². The minimum Gasteiger partial charge on any atom is -0.493 e. The lowest BCUT2D eigenvalue weighted by molar-refractivity contribution is 0.123. The van der Waals surface area contributed by atoms with Crippen molar-refractivity contribution in [1.29, 1.82) is 0 Å². The highest BCUT2D eigenvalue weighted by Crippen LogP contribution is 2.29. The zero-order valence-corrected chi connectivity index (χ0v) is 11.2. The number of hydrogen-bond donors (Lipinski definition) is 1. The van der Waals surface area contributed by atoms with Crippen molar-refractivity contribution in [2.45, 2.75) is 25.3 Å². The topological polar surface area (TPSA) is 47.7 Å². The Morgan fingerprint density at radius 3 is 2.89 bits per heavy atom. The van der Waals surface area contributed by atoms with E-state index in [2.05, 4.69) is 11.9 Å². The Balaban J connectivity index is 1.98. The largest absolute Gasteiger partial charge is 0.493 e. The standard InChI is InChI=1S/C14H22N2O2/c1-16-8-4-3-5-12(16)10-18-14-9-11(15)6-7-13(14)17-2/h6-7,9,12H,3-5,8,10,15H2,1-2H3. The lowest BCUT2D eigenvalue weighted by Gasteiger charge is -2.32. The Morgan fingerprint density at radius 2 is 2.17 bits per heavy atom. The summed E-state index contributed by atoms with van der Waals surface area (Å²) in [4.78, 5) is 2.36. The van der Waals surface area contributed by atoms with Crippen LogP contribution >= 0.6 is 0 Å². The van der Waals surface area contributed by atoms with Crippen LogP contribution < -0.4 is 15.2 Å². The Hall–Kier alpha value is -1.42. The first-order valence-electron chi connectivity index (χ1n) is 6.47. The summed E-state index contributed by atoms with van der Waals surface area (Å²) in [5.74, 6) is 1.47. The van der Waals surface area contributed by atoms with Gasteiger partial charge in [0.15, 0.2) is 11.5 Å². The van der Waals surface area contributed by atoms with E-state index in [1.54, 1.807) is 7.11 Å². The molecule has 0 aliphatic carbocycles. The SMILES string of the molecule is COc1ccc(N)cc1OCC1CCCCN1C. The Kier molecular flexibility index (Phi) is 4.31. The molecular formula is C14H22N2O2. The van der Waals surface area contributed by atoms with Crippen LogP contribution in [0.5, 0.6) is 11.5 Å². The number of methoxy groups -OCH3 is 1. The van der Waals surface area contributed by atoms with Gasteiger partial charge in [-0.25, -0.2) is 0 Å². The Bertz CT molecular complexity index is 395. The molecule has 1 aliphatic rings. The third-order valence-electron chi connectivity index (χ3n) is 3.54. The molecule has 0 bridgehead atoms. The van der Waals surface area contributed by atoms with Crippen LogP contribution in [-0.2, 0) is 0 Å². The molecule has 1 aromatic rings. The van der Waals surface area contributed by atoms with E-state index in [1.165, 1.54) is 19.3 Å². The smallest absolute Gasteiger partial charge is 0.163 e. The predicted octanol–water partition coefficient (Wildman–Crippen LogP) is 2.14. The van der Waals surface area contributed by atoms with E-state index in [9.17, 15) is 0 Å². The molecule has 0 aromatic heterocycles. The number of nitrogens with zero attached hydrogens (tertiary/aromatic N) is 1. The normalized spacial score (nSPS) is 20.7. The Labute approximate surface area is 109 Å². The lowest BCUT2D eigenvalue weighted by atomic mass is 10.0. The maximum Gasteiger partial charge on any atom is 0.163 e. The van der Waals surface area contributed by atoms with Gasteiger partial charge >= 0.3 is 0 Å². The Morgan fingerprint density at radius 1 is 1.33 bits per heavy atom. The zero-order valence-electron chi connectivity index (χ0n) is 11.2. The van der Waals surface area contributed by atoms with Gasteiger partial charge in [-0.15, -0.1) is 0 Å². The second kappa shape index (κ2) is 5.96. The molecule has 0 radical (unpaired) electrons. The van der Waals surface area contributed by atoms with Crippen LogP contribution in [0.1, 0.15) is 19.3 Å². The summed E-state index contributed by atoms with van der Waals surface area (Å²) in [5, 5.41) is 0. The molecule has 1 saturated heterocycles. The summed E-state index contributed by atoms with van der Waals surface area (Å²) < 4.78 is 11.1. The minimum atomic E-state index is 0.491. The van der Waals surface area contributed by atoms with Crippen LogP contribution in [0.3, 0.4) is 0 Å². The van der Waals surface area contributed by atoms with Crippen LogP contribution in [0.25, 0.3) is 0 Å². The van der Waals surface area contributed by atoms with Crippen molar-refractivity contribution in [3.63, 3.8) is 0 Å². The number of hydrogen-bond acceptors (Lipinski definition) is 4. The van der Waals surface area contributed by atoms with Crippen molar-refractivity contribution in [2.24, 2.45) is 0 Å². The molecule has 1 heterocycles. The highest BCUT2D eigenvalue weighted by atomic mass is 16.5. The maximum atomic E-state index is 5.87. The quantitative estimate of drug-likeness (QED) is 0.832. The number of likely N-dealkylation sites (tertiary alicyclic amines) is 1. The number of rotatable bonds is 4. The molecule has 1 aromatic carbocycles. The van der Waals surface area contributed by atoms with E-state index in [0.29, 0.717) is 18.3 Å². The molecule has 1 aliphatic heterocycles. The van der Waals surface area contributed by atoms with Crippen molar-refractivity contribution in [3.8, 4) is 11.5 Å². The molecule has 4 heteroatoms. The molecule has 0 spiro atoms. The van der Waals surface area contributed by atoms with Gasteiger partial charge in [0.1, 0.15) is 6.61 Å². The predicted molar refractivity (Wildman–Crippen MR) is 73.2 cm³/mol. The second-order valence-electron chi connectivity index (χ2n) is 4.85. The van der Waals surface area contributed by atoms with E-state index < -0.39 is 0 Å². The summed E-state index contributed by atoms with van der Waals surface area (Å²) in [6, 6.07) is 5.97. The highest BCUT2D eigenvalue weighted by Gasteiger charge is 2.19. The molecular weight excluding hydrogens is 228 g/mol. The van der Waals surface area contributed by atoms with Crippen LogP contribution in [0.2, 0.25) is 0 Å². The molecule has 18 heavy (non-hydrogen) atoms. The first kappa shape index (κ1) is 13.0. The fourth-order valence-electron chi connectivity index (χ4n) is 2.35. The molecule has 100 valence electrons. The minimum absolute atomic E-state index is 0.491. The fourth-order valence-corrected chi connectivity index (χ4v) is 2.35. The number of nitrogens with two attached hydrogens (primary N) is 1. The van der Waals surface area contributed by atoms with Gasteiger partial charge in [0.2, 0.25) is 0 Å². The van der Waals surface area contributed by atoms with Gasteiger partial charge in [0.25, 0.3) is 0 Å². The fraction of sp³-hybridized carbons (Fsp3) is 0.571. The molecule has 0 amide bonds. The van der Waals surface area contributed by atoms with Crippen molar-refractivity contribution < 1.29 is 9.47 Å². The van der Waals surface area contributed by atoms with E-state index >= 15 is 0 Å². The van der Waals surface area contributed by atoms with Crippen molar-refractivity contribution >= 4 is 5.69 Å². The number of nitrogen functional groups attached to an aromatic ring is 1. The van der Waals surface area contributed by atoms with Crippen LogP contribution in [0, 0.1) is 0 Å². The maximum absolute atomic E-state index is 5.87. The molecule has 1 unspecified atom stereocenters. The third-order valence-corrected chi connectivity index (χ3v) is 3.54. The summed E-state index contributed by atoms with van der Waals surface area (Å²) in [6.07, 6.45) is 3.77. The number of piperidine rings is 1. The van der Waals surface area contributed by atoms with Gasteiger partial charge in [-0.2, -0.15) is 0 Å². The van der Waals surface area contributed by atoms with Crippen molar-refractivity contribution in [2.75, 3.05) is 33.0 Å². The molecule has 2 rings (SSSR count). The highest BCUT2D eigenvalue weighted by molar-refractivity contribution is 5.51. The second-order valence-corrected chi connectivity index (χ2v) is 4.85. The van der Waals surface area contributed by atoms with Crippen LogP contribution in [-0.4, -0.2) is 38.3 Å². The van der Waals surface area contributed by atoms with E-state index in [-0.39, 0.29) is 0 Å². The zero-order chi connectivity index (χ0) is 13.0. The number of likely N-dealkylation sites (N-methyl/N-ethyl adjacent to an activating group) is 1. The third kappa shape index (κ3) is 3.07. The average molecular weight is 250 g/mol. The molecule has 0 saturated carbocycles. The molecule has 1 fully saturated rings. The van der Waals surface area contributed by atoms with Gasteiger partial charge in [-0.05, 0) is 38.6 Å². The first-order valence-corrected chi connectivity index (χ1v) is 6.47. The van der Waals surface area contributed by atoms with Gasteiger partial charge in [0, 0.05) is 17.8 Å². The van der Waals surface area contributed by atoms with Gasteiger partial charge < -0.3 is 20.1 Å². The van der Waals surface area contributed by atoms with E-state index in [0.717, 1.165) is 18.0 Å². The van der Waals surface area contributed by atoms with Crippen LogP contribution in [0.4, 0.5) is 5.69 Å². The van der Waals surface area contributed by atoms with Gasteiger partial charge in [-0.1, -0.05) is 6.42 Å². The summed E-state index contributed by atoms with van der Waals surface area (Å²) >= 11 is 0. The number of ether oxygens (including phenoxy) is 2. The average Bonchev–Trinajstić information content (AvgIpc) is 2.38. The molecule has 1 atom stereocenters. The summed E-state index contributed by atoms with van der Waals surface area (Å²) in [6.45, 7) is 1.85. The van der Waals surface area contributed by atoms with Gasteiger partial charge in [-0.3, -0.25) is 0 Å². The lowest BCUT2D eigenvalue weighted by Crippen LogP contribution is -2.40. The summed E-state index contributed by atoms with van der Waals surface area (Å²) in [7, 11) is 3.80. The van der Waals surface area contributed by atoms with E-state index in [1.807, 2.05) is 18.2 Å². The molecule has 2 N–H and O–H groups in total. The number of benzene rings is 1. The molecule has 4 nitrogen and oxygen atoms in total. The first-order chi connectivity index (χ1) is 8.70. The van der Waals surface area contributed by atoms with Crippen LogP contribution in [0.15, 0.2) is 18.2 Å². The van der Waals surface area contributed by atoms with E-state index in [4.69, 9.17) is 15.2 Å². The summed E-state index contributed by atoms with van der Waals surface area (Å²) in [5.41, 5.74) is 6.47. The van der Waals surface area contributed by atoms with Crippen molar-refractivity contribution in [3.05, 3.63) is 18.2 Å². The van der Waals surface area contributed by atoms with Gasteiger partial charge in [0.05, 0.1) is 7.11 Å².